The zero-order valence-corrected chi connectivity index (χ0v) is 11.2. The fraction of sp³-hybridized carbons (Fsp3) is 0.462. The smallest absolute Gasteiger partial charge is 0.0963 e. The number of aromatic nitrogens is 2. The minimum atomic E-state index is 0.607. The molecule has 0 saturated heterocycles. The molecule has 2 rings (SSSR count). The van der Waals surface area contributed by atoms with E-state index in [1.807, 2.05) is 4.68 Å². The molecular formula is C13H19N3S. The Kier molecular flexibility index (Phi) is 3.97. The first kappa shape index (κ1) is 12.3. The summed E-state index contributed by atoms with van der Waals surface area (Å²) in [5.41, 5.74) is 9.22. The molecule has 0 radical (unpaired) electrons. The van der Waals surface area contributed by atoms with E-state index in [1.165, 1.54) is 11.1 Å². The summed E-state index contributed by atoms with van der Waals surface area (Å²) in [5, 5.41) is 8.91. The third-order valence-corrected chi connectivity index (χ3v) is 3.28. The lowest BCUT2D eigenvalue weighted by atomic mass is 10.1. The van der Waals surface area contributed by atoms with Crippen molar-refractivity contribution in [3.05, 3.63) is 28.6 Å². The van der Waals surface area contributed by atoms with Gasteiger partial charge in [-0.3, -0.25) is 4.68 Å². The van der Waals surface area contributed by atoms with Gasteiger partial charge in [0.1, 0.15) is 0 Å². The molecule has 4 heteroatoms. The monoisotopic (exact) mass is 249 g/mol. The highest BCUT2D eigenvalue weighted by atomic mass is 32.1. The molecule has 2 aromatic rings. The molecule has 0 atom stereocenters. The van der Waals surface area contributed by atoms with Gasteiger partial charge < -0.3 is 5.73 Å². The predicted octanol–water partition coefficient (Wildman–Crippen LogP) is 2.77. The quantitative estimate of drug-likeness (QED) is 0.885. The van der Waals surface area contributed by atoms with Crippen molar-refractivity contribution in [1.82, 2.24) is 9.78 Å². The van der Waals surface area contributed by atoms with Crippen LogP contribution in [0.25, 0.3) is 11.3 Å². The van der Waals surface area contributed by atoms with Gasteiger partial charge in [0.05, 0.1) is 5.69 Å². The van der Waals surface area contributed by atoms with E-state index in [4.69, 9.17) is 5.73 Å². The van der Waals surface area contributed by atoms with E-state index in [0.29, 0.717) is 12.5 Å². The van der Waals surface area contributed by atoms with Gasteiger partial charge >= 0.3 is 0 Å². The SMILES string of the molecule is CC(C)Cn1cc(CCN)c(-c2ccsc2)n1. The van der Waals surface area contributed by atoms with Crippen LogP contribution in [0.4, 0.5) is 0 Å². The van der Waals surface area contributed by atoms with Gasteiger partial charge in [0.15, 0.2) is 0 Å². The fourth-order valence-electron chi connectivity index (χ4n) is 1.91. The van der Waals surface area contributed by atoms with Crippen LogP contribution in [0.5, 0.6) is 0 Å². The third-order valence-electron chi connectivity index (χ3n) is 2.60. The van der Waals surface area contributed by atoms with Crippen LogP contribution in [0, 0.1) is 5.92 Å². The van der Waals surface area contributed by atoms with Crippen molar-refractivity contribution in [2.75, 3.05) is 6.54 Å². The second-order valence-corrected chi connectivity index (χ2v) is 5.45. The Labute approximate surface area is 106 Å². The molecule has 0 unspecified atom stereocenters. The second kappa shape index (κ2) is 5.47. The number of nitrogens with two attached hydrogens (primary N) is 1. The van der Waals surface area contributed by atoms with Gasteiger partial charge in [0.2, 0.25) is 0 Å². The molecule has 0 fully saturated rings. The molecule has 0 spiro atoms. The maximum Gasteiger partial charge on any atom is 0.0963 e. The standard InChI is InChI=1S/C13H19N3S/c1-10(2)7-16-8-11(3-5-14)13(15-16)12-4-6-17-9-12/h4,6,8-10H,3,5,7,14H2,1-2H3. The van der Waals surface area contributed by atoms with Crippen molar-refractivity contribution >= 4 is 11.3 Å². The number of hydrogen-bond acceptors (Lipinski definition) is 3. The molecule has 2 N–H and O–H groups in total. The van der Waals surface area contributed by atoms with Gasteiger partial charge in [-0.05, 0) is 35.9 Å². The summed E-state index contributed by atoms with van der Waals surface area (Å²) in [4.78, 5) is 0. The van der Waals surface area contributed by atoms with Crippen LogP contribution in [-0.2, 0) is 13.0 Å². The van der Waals surface area contributed by atoms with Crippen LogP contribution >= 0.6 is 11.3 Å². The zero-order chi connectivity index (χ0) is 12.3. The molecule has 0 aliphatic heterocycles. The van der Waals surface area contributed by atoms with E-state index < -0.39 is 0 Å². The highest BCUT2D eigenvalue weighted by Gasteiger charge is 2.11. The molecule has 2 aromatic heterocycles. The molecule has 92 valence electrons. The van der Waals surface area contributed by atoms with E-state index >= 15 is 0 Å². The van der Waals surface area contributed by atoms with Crippen molar-refractivity contribution in [3.63, 3.8) is 0 Å². The highest BCUT2D eigenvalue weighted by molar-refractivity contribution is 7.08. The minimum Gasteiger partial charge on any atom is -0.330 e. The minimum absolute atomic E-state index is 0.607. The number of rotatable bonds is 5. The first-order valence-corrected chi connectivity index (χ1v) is 6.94. The number of hydrogen-bond donors (Lipinski definition) is 1. The number of thiophene rings is 1. The summed E-state index contributed by atoms with van der Waals surface area (Å²) >= 11 is 1.70. The van der Waals surface area contributed by atoms with Crippen LogP contribution in [0.2, 0.25) is 0 Å². The lowest BCUT2D eigenvalue weighted by molar-refractivity contribution is 0.484. The van der Waals surface area contributed by atoms with Gasteiger partial charge in [-0.15, -0.1) is 0 Å². The Morgan fingerprint density at radius 1 is 1.47 bits per heavy atom. The van der Waals surface area contributed by atoms with E-state index in [0.717, 1.165) is 18.7 Å². The summed E-state index contributed by atoms with van der Waals surface area (Å²) in [6.45, 7) is 6.04. The molecule has 2 heterocycles. The van der Waals surface area contributed by atoms with Gasteiger partial charge in [-0.25, -0.2) is 0 Å². The summed E-state index contributed by atoms with van der Waals surface area (Å²) in [6.07, 6.45) is 3.03. The topological polar surface area (TPSA) is 43.8 Å². The van der Waals surface area contributed by atoms with Crippen molar-refractivity contribution in [3.8, 4) is 11.3 Å². The largest absolute Gasteiger partial charge is 0.330 e. The van der Waals surface area contributed by atoms with Gasteiger partial charge in [-0.2, -0.15) is 16.4 Å². The van der Waals surface area contributed by atoms with Crippen LogP contribution in [0.15, 0.2) is 23.0 Å². The Bertz CT molecular complexity index is 457. The Hall–Kier alpha value is -1.13. The highest BCUT2D eigenvalue weighted by Crippen LogP contribution is 2.24. The van der Waals surface area contributed by atoms with Crippen LogP contribution < -0.4 is 5.73 Å². The van der Waals surface area contributed by atoms with E-state index in [9.17, 15) is 0 Å². The summed E-state index contributed by atoms with van der Waals surface area (Å²) in [7, 11) is 0. The lowest BCUT2D eigenvalue weighted by Gasteiger charge is -2.03. The zero-order valence-electron chi connectivity index (χ0n) is 10.4. The molecule has 0 aliphatic carbocycles. The van der Waals surface area contributed by atoms with Gasteiger partial charge in [0, 0.05) is 23.7 Å². The molecule has 0 amide bonds. The van der Waals surface area contributed by atoms with Crippen molar-refractivity contribution in [2.45, 2.75) is 26.8 Å². The van der Waals surface area contributed by atoms with Gasteiger partial charge in [0.25, 0.3) is 0 Å². The normalized spacial score (nSPS) is 11.3. The Morgan fingerprint density at radius 2 is 2.29 bits per heavy atom. The molecule has 0 aromatic carbocycles. The van der Waals surface area contributed by atoms with E-state index in [2.05, 4.69) is 42.0 Å². The third kappa shape index (κ3) is 2.96. The summed E-state index contributed by atoms with van der Waals surface area (Å²) in [6, 6.07) is 2.12. The fourth-order valence-corrected chi connectivity index (χ4v) is 2.55. The first-order chi connectivity index (χ1) is 8.20. The van der Waals surface area contributed by atoms with Gasteiger partial charge in [-0.1, -0.05) is 13.8 Å². The lowest BCUT2D eigenvalue weighted by Crippen LogP contribution is -2.05. The predicted molar refractivity (Wildman–Crippen MR) is 73.1 cm³/mol. The van der Waals surface area contributed by atoms with Crippen molar-refractivity contribution in [2.24, 2.45) is 11.7 Å². The van der Waals surface area contributed by atoms with E-state index in [1.54, 1.807) is 11.3 Å². The molecule has 0 bridgehead atoms. The first-order valence-electron chi connectivity index (χ1n) is 5.99. The van der Waals surface area contributed by atoms with Crippen molar-refractivity contribution < 1.29 is 0 Å². The van der Waals surface area contributed by atoms with Crippen LogP contribution in [0.3, 0.4) is 0 Å². The van der Waals surface area contributed by atoms with Crippen LogP contribution in [-0.4, -0.2) is 16.3 Å². The van der Waals surface area contributed by atoms with E-state index in [-0.39, 0.29) is 0 Å². The number of nitrogens with zero attached hydrogens (tertiary/aromatic N) is 2. The molecule has 3 nitrogen and oxygen atoms in total. The summed E-state index contributed by atoms with van der Waals surface area (Å²) < 4.78 is 2.04. The molecule has 17 heavy (non-hydrogen) atoms. The Morgan fingerprint density at radius 3 is 2.88 bits per heavy atom. The Balaban J connectivity index is 2.32. The molecule has 0 saturated carbocycles. The summed E-state index contributed by atoms with van der Waals surface area (Å²) in [5.74, 6) is 0.607. The van der Waals surface area contributed by atoms with Crippen LogP contribution in [0.1, 0.15) is 19.4 Å². The average Bonchev–Trinajstić information content (AvgIpc) is 2.86. The maximum absolute atomic E-state index is 5.66. The molecular weight excluding hydrogens is 230 g/mol. The maximum atomic E-state index is 5.66. The van der Waals surface area contributed by atoms with Crippen molar-refractivity contribution in [1.29, 1.82) is 0 Å². The average molecular weight is 249 g/mol. The second-order valence-electron chi connectivity index (χ2n) is 4.67. The molecule has 0 aliphatic rings.